The minimum atomic E-state index is 0.590. The van der Waals surface area contributed by atoms with Gasteiger partial charge in [0.05, 0.1) is 12.7 Å². The lowest BCUT2D eigenvalue weighted by molar-refractivity contribution is -0.658. The highest BCUT2D eigenvalue weighted by Gasteiger charge is 2.04. The van der Waals surface area contributed by atoms with E-state index >= 15 is 0 Å². The van der Waals surface area contributed by atoms with Crippen molar-refractivity contribution in [2.75, 3.05) is 5.73 Å². The van der Waals surface area contributed by atoms with Crippen LogP contribution in [-0.4, -0.2) is 10.2 Å². The summed E-state index contributed by atoms with van der Waals surface area (Å²) in [5, 5.41) is 14.6. The van der Waals surface area contributed by atoms with Gasteiger partial charge in [0, 0.05) is 10.8 Å². The Morgan fingerprint density at radius 1 is 1.27 bits per heavy atom. The molecule has 0 spiro atoms. The maximum atomic E-state index is 5.55. The van der Waals surface area contributed by atoms with Gasteiger partial charge in [-0.15, -0.1) is 5.10 Å². The van der Waals surface area contributed by atoms with E-state index in [2.05, 4.69) is 20.4 Å². The third kappa shape index (κ3) is 2.16. The second kappa shape index (κ2) is 3.87. The molecule has 0 aliphatic rings. The summed E-state index contributed by atoms with van der Waals surface area (Å²) < 4.78 is 1.74. The molecule has 0 fully saturated rings. The normalized spacial score (nSPS) is 11.0. The Kier molecular flexibility index (Phi) is 2.40. The first-order chi connectivity index (χ1) is 7.25. The highest BCUT2D eigenvalue weighted by atomic mass is 15.3. The van der Waals surface area contributed by atoms with E-state index in [1.165, 1.54) is 0 Å². The molecule has 6 heteroatoms. The van der Waals surface area contributed by atoms with Crippen molar-refractivity contribution in [2.24, 2.45) is 17.3 Å². The highest BCUT2D eigenvalue weighted by molar-refractivity contribution is 5.47. The van der Waals surface area contributed by atoms with Crippen molar-refractivity contribution in [3.05, 3.63) is 30.6 Å². The van der Waals surface area contributed by atoms with E-state index in [9.17, 15) is 0 Å². The predicted octanol–water partition coefficient (Wildman–Crippen LogP) is 1.23. The lowest BCUT2D eigenvalue weighted by Gasteiger charge is -1.90. The molecule has 2 aromatic rings. The van der Waals surface area contributed by atoms with Crippen molar-refractivity contribution in [3.63, 3.8) is 0 Å². The number of nitrogens with two attached hydrogens (primary N) is 1. The zero-order chi connectivity index (χ0) is 10.7. The van der Waals surface area contributed by atoms with Crippen molar-refractivity contribution >= 4 is 17.3 Å². The van der Waals surface area contributed by atoms with Crippen LogP contribution in [0.4, 0.5) is 17.3 Å². The molecule has 1 heterocycles. The van der Waals surface area contributed by atoms with Crippen molar-refractivity contribution in [3.8, 4) is 0 Å². The zero-order valence-corrected chi connectivity index (χ0v) is 8.25. The first-order valence-electron chi connectivity index (χ1n) is 4.42. The molecule has 0 unspecified atom stereocenters. The van der Waals surface area contributed by atoms with Crippen LogP contribution in [0, 0.1) is 0 Å². The van der Waals surface area contributed by atoms with E-state index in [0.717, 1.165) is 5.69 Å². The van der Waals surface area contributed by atoms with Gasteiger partial charge in [-0.25, -0.2) is 4.57 Å². The Labute approximate surface area is 86.5 Å². The van der Waals surface area contributed by atoms with Crippen LogP contribution in [0.15, 0.2) is 40.8 Å². The van der Waals surface area contributed by atoms with Crippen LogP contribution >= 0.6 is 0 Å². The smallest absolute Gasteiger partial charge is 0.399 e. The molecule has 0 bridgehead atoms. The number of aryl methyl sites for hydroxylation is 1. The lowest BCUT2D eigenvalue weighted by atomic mass is 10.3. The van der Waals surface area contributed by atoms with Gasteiger partial charge in [0.2, 0.25) is 6.33 Å². The van der Waals surface area contributed by atoms with Crippen molar-refractivity contribution < 1.29 is 4.57 Å². The van der Waals surface area contributed by atoms with Gasteiger partial charge < -0.3 is 5.73 Å². The molecule has 0 aliphatic heterocycles. The molecular formula is C9H11N6+. The summed E-state index contributed by atoms with van der Waals surface area (Å²) in [5.41, 5.74) is 7.01. The van der Waals surface area contributed by atoms with Gasteiger partial charge in [-0.1, -0.05) is 5.11 Å². The minimum Gasteiger partial charge on any atom is -0.399 e. The number of aromatic nitrogens is 3. The Balaban J connectivity index is 2.19. The average Bonchev–Trinajstić information content (AvgIpc) is 2.63. The number of benzene rings is 1. The first kappa shape index (κ1) is 9.32. The molecule has 6 nitrogen and oxygen atoms in total. The van der Waals surface area contributed by atoms with Gasteiger partial charge in [-0.2, -0.15) is 0 Å². The fourth-order valence-corrected chi connectivity index (χ4v) is 1.05. The van der Waals surface area contributed by atoms with Gasteiger partial charge in [0.1, 0.15) is 0 Å². The van der Waals surface area contributed by atoms with E-state index in [0.29, 0.717) is 11.6 Å². The number of hydrogen-bond donors (Lipinski definition) is 2. The van der Waals surface area contributed by atoms with Crippen molar-refractivity contribution in [1.82, 2.24) is 10.2 Å². The Morgan fingerprint density at radius 3 is 2.60 bits per heavy atom. The van der Waals surface area contributed by atoms with Gasteiger partial charge in [0.25, 0.3) is 0 Å². The molecule has 0 atom stereocenters. The fourth-order valence-electron chi connectivity index (χ4n) is 1.05. The summed E-state index contributed by atoms with van der Waals surface area (Å²) in [6, 6.07) is 7.16. The summed E-state index contributed by atoms with van der Waals surface area (Å²) in [7, 11) is 1.83. The summed E-state index contributed by atoms with van der Waals surface area (Å²) >= 11 is 0. The van der Waals surface area contributed by atoms with Crippen molar-refractivity contribution in [2.45, 2.75) is 0 Å². The topological polar surface area (TPSA) is 83.3 Å². The number of nitrogen functional groups attached to an aromatic ring is 1. The summed E-state index contributed by atoms with van der Waals surface area (Å²) in [6.07, 6.45) is 1.62. The summed E-state index contributed by atoms with van der Waals surface area (Å²) in [5.74, 6) is 0.590. The van der Waals surface area contributed by atoms with Crippen LogP contribution in [0.1, 0.15) is 0 Å². The number of H-pyrrole nitrogens is 1. The molecule has 0 saturated carbocycles. The second-order valence-corrected chi connectivity index (χ2v) is 3.08. The van der Waals surface area contributed by atoms with E-state index in [-0.39, 0.29) is 0 Å². The molecule has 15 heavy (non-hydrogen) atoms. The molecule has 3 N–H and O–H groups in total. The maximum absolute atomic E-state index is 5.55. The molecule has 1 aromatic heterocycles. The summed E-state index contributed by atoms with van der Waals surface area (Å²) in [4.78, 5) is 0. The molecule has 2 rings (SSSR count). The van der Waals surface area contributed by atoms with Crippen LogP contribution in [-0.2, 0) is 7.05 Å². The quantitative estimate of drug-likeness (QED) is 0.437. The van der Waals surface area contributed by atoms with Gasteiger partial charge in [0.15, 0.2) is 0 Å². The largest absolute Gasteiger partial charge is 0.401 e. The van der Waals surface area contributed by atoms with E-state index in [1.807, 2.05) is 7.05 Å². The molecule has 76 valence electrons. The fraction of sp³-hybridized carbons (Fsp3) is 0.111. The van der Waals surface area contributed by atoms with E-state index in [1.54, 1.807) is 35.2 Å². The minimum absolute atomic E-state index is 0.590. The number of nitrogens with zero attached hydrogens (tertiary/aromatic N) is 4. The second-order valence-electron chi connectivity index (χ2n) is 3.08. The number of anilines is 1. The van der Waals surface area contributed by atoms with E-state index in [4.69, 9.17) is 5.73 Å². The van der Waals surface area contributed by atoms with Crippen LogP contribution < -0.4 is 10.3 Å². The molecule has 0 aliphatic carbocycles. The Hall–Kier alpha value is -2.24. The standard InChI is InChI=1S/C9H10N6/c1-15-6-11-13-9(15)14-12-8-4-2-7(10)3-5-8/h2-6H,1H3,(H2,10,13,14)/p+1. The number of rotatable bonds is 2. The van der Waals surface area contributed by atoms with Crippen LogP contribution in [0.5, 0.6) is 0 Å². The highest BCUT2D eigenvalue weighted by Crippen LogP contribution is 2.15. The SMILES string of the molecule is C[n+]1cn[nH]c1N=Nc1ccc(N)cc1. The zero-order valence-electron chi connectivity index (χ0n) is 8.25. The van der Waals surface area contributed by atoms with Gasteiger partial charge >= 0.3 is 5.95 Å². The van der Waals surface area contributed by atoms with Crippen molar-refractivity contribution in [1.29, 1.82) is 0 Å². The third-order valence-corrected chi connectivity index (χ3v) is 1.88. The van der Waals surface area contributed by atoms with Gasteiger partial charge in [-0.3, -0.25) is 0 Å². The van der Waals surface area contributed by atoms with Crippen LogP contribution in [0.2, 0.25) is 0 Å². The maximum Gasteiger partial charge on any atom is 0.401 e. The number of azo groups is 1. The molecule has 1 aromatic carbocycles. The molecule has 0 saturated heterocycles. The lowest BCUT2D eigenvalue weighted by Crippen LogP contribution is -2.24. The number of aromatic amines is 1. The Bertz CT molecular complexity index is 470. The predicted molar refractivity (Wildman–Crippen MR) is 54.8 cm³/mol. The molecule has 0 amide bonds. The monoisotopic (exact) mass is 203 g/mol. The number of nitrogens with one attached hydrogen (secondary N) is 1. The molecule has 0 radical (unpaired) electrons. The van der Waals surface area contributed by atoms with Crippen LogP contribution in [0.3, 0.4) is 0 Å². The third-order valence-electron chi connectivity index (χ3n) is 1.88. The Morgan fingerprint density at radius 2 is 2.00 bits per heavy atom. The van der Waals surface area contributed by atoms with Gasteiger partial charge in [-0.05, 0) is 29.4 Å². The average molecular weight is 203 g/mol. The molecular weight excluding hydrogens is 192 g/mol. The summed E-state index contributed by atoms with van der Waals surface area (Å²) in [6.45, 7) is 0. The van der Waals surface area contributed by atoms with Crippen LogP contribution in [0.25, 0.3) is 0 Å². The first-order valence-corrected chi connectivity index (χ1v) is 4.42. The van der Waals surface area contributed by atoms with E-state index < -0.39 is 0 Å². The number of hydrogen-bond acceptors (Lipinski definition) is 4.